The predicted molar refractivity (Wildman–Crippen MR) is 80.5 cm³/mol. The monoisotopic (exact) mass is 282 g/mol. The van der Waals surface area contributed by atoms with Gasteiger partial charge in [0.1, 0.15) is 11.6 Å². The van der Waals surface area contributed by atoms with E-state index < -0.39 is 6.10 Å². The van der Waals surface area contributed by atoms with Gasteiger partial charge < -0.3 is 9.84 Å². The molecule has 1 unspecified atom stereocenters. The first kappa shape index (κ1) is 17.0. The van der Waals surface area contributed by atoms with Gasteiger partial charge in [-0.15, -0.1) is 0 Å². The zero-order valence-electron chi connectivity index (χ0n) is 12.7. The van der Waals surface area contributed by atoms with Gasteiger partial charge in [-0.2, -0.15) is 0 Å². The van der Waals surface area contributed by atoms with Crippen molar-refractivity contribution in [2.75, 3.05) is 7.11 Å². The number of aliphatic hydroxyl groups is 1. The molecule has 3 heteroatoms. The third-order valence-corrected chi connectivity index (χ3v) is 3.65. The molecule has 0 bridgehead atoms. The quantitative estimate of drug-likeness (QED) is 0.611. The highest BCUT2D eigenvalue weighted by molar-refractivity contribution is 5.30. The van der Waals surface area contributed by atoms with Crippen LogP contribution < -0.4 is 4.74 Å². The molecule has 0 aromatic heterocycles. The second kappa shape index (κ2) is 9.76. The average molecular weight is 282 g/mol. The van der Waals surface area contributed by atoms with E-state index in [1.165, 1.54) is 45.3 Å². The molecule has 0 amide bonds. The molecule has 0 radical (unpaired) electrons. The molecule has 0 aliphatic heterocycles. The van der Waals surface area contributed by atoms with Crippen molar-refractivity contribution in [3.05, 3.63) is 29.6 Å². The third-order valence-electron chi connectivity index (χ3n) is 3.65. The van der Waals surface area contributed by atoms with E-state index in [2.05, 4.69) is 6.92 Å². The summed E-state index contributed by atoms with van der Waals surface area (Å²) in [7, 11) is 1.50. The fourth-order valence-electron chi connectivity index (χ4n) is 2.36. The molecular weight excluding hydrogens is 255 g/mol. The molecule has 1 aromatic rings. The maximum Gasteiger partial charge on any atom is 0.132 e. The number of unbranched alkanes of at least 4 members (excludes halogenated alkanes) is 6. The second-order valence-corrected chi connectivity index (χ2v) is 5.31. The summed E-state index contributed by atoms with van der Waals surface area (Å²) in [5, 5.41) is 10.0. The number of halogens is 1. The van der Waals surface area contributed by atoms with Gasteiger partial charge >= 0.3 is 0 Å². The summed E-state index contributed by atoms with van der Waals surface area (Å²) < 4.78 is 18.7. The maximum atomic E-state index is 13.8. The summed E-state index contributed by atoms with van der Waals surface area (Å²) in [6, 6.07) is 4.62. The standard InChI is InChI=1S/C17H27FO2/c1-3-4-5-6-7-8-9-10-17(19)15-12-11-14(20-2)13-16(15)18/h11-13,17,19H,3-10H2,1-2H3. The van der Waals surface area contributed by atoms with E-state index in [1.807, 2.05) is 0 Å². The zero-order valence-corrected chi connectivity index (χ0v) is 12.7. The van der Waals surface area contributed by atoms with Crippen molar-refractivity contribution in [3.63, 3.8) is 0 Å². The lowest BCUT2D eigenvalue weighted by atomic mass is 10.0. The van der Waals surface area contributed by atoms with Crippen molar-refractivity contribution in [1.82, 2.24) is 0 Å². The van der Waals surface area contributed by atoms with E-state index in [9.17, 15) is 9.50 Å². The Hall–Kier alpha value is -1.09. The summed E-state index contributed by atoms with van der Waals surface area (Å²) in [5.74, 6) is 0.0918. The molecule has 1 atom stereocenters. The van der Waals surface area contributed by atoms with Crippen molar-refractivity contribution in [2.24, 2.45) is 0 Å². The molecule has 1 N–H and O–H groups in total. The molecule has 1 rings (SSSR count). The fourth-order valence-corrected chi connectivity index (χ4v) is 2.36. The highest BCUT2D eigenvalue weighted by Gasteiger charge is 2.13. The van der Waals surface area contributed by atoms with Gasteiger partial charge in [-0.25, -0.2) is 4.39 Å². The Kier molecular flexibility index (Phi) is 8.28. The molecule has 114 valence electrons. The van der Waals surface area contributed by atoms with Gasteiger partial charge in [0.25, 0.3) is 0 Å². The van der Waals surface area contributed by atoms with Gasteiger partial charge in [0, 0.05) is 11.6 Å². The fraction of sp³-hybridized carbons (Fsp3) is 0.647. The average Bonchev–Trinajstić information content (AvgIpc) is 2.45. The molecule has 1 aromatic carbocycles. The van der Waals surface area contributed by atoms with Gasteiger partial charge in [0.15, 0.2) is 0 Å². The minimum absolute atomic E-state index is 0.372. The third kappa shape index (κ3) is 5.91. The predicted octanol–water partition coefficient (Wildman–Crippen LogP) is 5.01. The van der Waals surface area contributed by atoms with Crippen LogP contribution in [0.4, 0.5) is 4.39 Å². The molecular formula is C17H27FO2. The molecule has 0 saturated heterocycles. The van der Waals surface area contributed by atoms with Crippen molar-refractivity contribution in [2.45, 2.75) is 64.4 Å². The van der Waals surface area contributed by atoms with Crippen LogP contribution in [0.3, 0.4) is 0 Å². The SMILES string of the molecule is CCCCCCCCCC(O)c1ccc(OC)cc1F. The number of ether oxygens (including phenoxy) is 1. The zero-order chi connectivity index (χ0) is 14.8. The topological polar surface area (TPSA) is 29.5 Å². The largest absolute Gasteiger partial charge is 0.497 e. The van der Waals surface area contributed by atoms with Crippen molar-refractivity contribution < 1.29 is 14.2 Å². The van der Waals surface area contributed by atoms with Crippen molar-refractivity contribution in [3.8, 4) is 5.75 Å². The molecule has 0 saturated carbocycles. The highest BCUT2D eigenvalue weighted by atomic mass is 19.1. The Morgan fingerprint density at radius 1 is 1.10 bits per heavy atom. The van der Waals surface area contributed by atoms with Crippen LogP contribution >= 0.6 is 0 Å². The summed E-state index contributed by atoms with van der Waals surface area (Å²) in [6.45, 7) is 2.21. The van der Waals surface area contributed by atoms with Crippen LogP contribution in [0.25, 0.3) is 0 Å². The highest BCUT2D eigenvalue weighted by Crippen LogP contribution is 2.25. The normalized spacial score (nSPS) is 12.4. The number of benzene rings is 1. The lowest BCUT2D eigenvalue weighted by molar-refractivity contribution is 0.158. The van der Waals surface area contributed by atoms with Crippen LogP contribution in [0.15, 0.2) is 18.2 Å². The van der Waals surface area contributed by atoms with Crippen molar-refractivity contribution >= 4 is 0 Å². The Morgan fingerprint density at radius 3 is 2.35 bits per heavy atom. The second-order valence-electron chi connectivity index (χ2n) is 5.31. The lowest BCUT2D eigenvalue weighted by Gasteiger charge is -2.12. The van der Waals surface area contributed by atoms with Gasteiger partial charge in [0.05, 0.1) is 13.2 Å². The van der Waals surface area contributed by atoms with Crippen LogP contribution in [0.5, 0.6) is 5.75 Å². The number of hydrogen-bond acceptors (Lipinski definition) is 2. The molecule has 0 fully saturated rings. The smallest absolute Gasteiger partial charge is 0.132 e. The molecule has 0 aliphatic rings. The van der Waals surface area contributed by atoms with E-state index >= 15 is 0 Å². The number of hydrogen-bond donors (Lipinski definition) is 1. The van der Waals surface area contributed by atoms with Gasteiger partial charge in [-0.05, 0) is 18.6 Å². The molecule has 2 nitrogen and oxygen atoms in total. The summed E-state index contributed by atoms with van der Waals surface area (Å²) in [6.07, 6.45) is 8.30. The Bertz CT molecular complexity index is 379. The summed E-state index contributed by atoms with van der Waals surface area (Å²) >= 11 is 0. The first-order valence-electron chi connectivity index (χ1n) is 7.70. The van der Waals surface area contributed by atoms with Crippen LogP contribution in [0, 0.1) is 5.82 Å². The molecule has 0 heterocycles. The number of methoxy groups -OCH3 is 1. The molecule has 0 spiro atoms. The van der Waals surface area contributed by atoms with E-state index in [1.54, 1.807) is 12.1 Å². The number of rotatable bonds is 10. The molecule has 20 heavy (non-hydrogen) atoms. The van der Waals surface area contributed by atoms with E-state index in [-0.39, 0.29) is 5.82 Å². The molecule has 0 aliphatic carbocycles. The lowest BCUT2D eigenvalue weighted by Crippen LogP contribution is -2.01. The van der Waals surface area contributed by atoms with Crippen LogP contribution in [0.2, 0.25) is 0 Å². The van der Waals surface area contributed by atoms with E-state index in [0.717, 1.165) is 12.8 Å². The van der Waals surface area contributed by atoms with Gasteiger partial charge in [-0.3, -0.25) is 0 Å². The first-order valence-corrected chi connectivity index (χ1v) is 7.70. The van der Waals surface area contributed by atoms with Gasteiger partial charge in [0.2, 0.25) is 0 Å². The minimum atomic E-state index is -0.712. The van der Waals surface area contributed by atoms with Crippen LogP contribution in [0.1, 0.15) is 70.0 Å². The van der Waals surface area contributed by atoms with Crippen molar-refractivity contribution in [1.29, 1.82) is 0 Å². The van der Waals surface area contributed by atoms with E-state index in [0.29, 0.717) is 17.7 Å². The Morgan fingerprint density at radius 2 is 1.75 bits per heavy atom. The van der Waals surface area contributed by atoms with Crippen LogP contribution in [-0.4, -0.2) is 12.2 Å². The Labute approximate surface area is 122 Å². The van der Waals surface area contributed by atoms with E-state index in [4.69, 9.17) is 4.74 Å². The maximum absolute atomic E-state index is 13.8. The van der Waals surface area contributed by atoms with Crippen LogP contribution in [-0.2, 0) is 0 Å². The number of aliphatic hydroxyl groups excluding tert-OH is 1. The van der Waals surface area contributed by atoms with Gasteiger partial charge in [-0.1, -0.05) is 51.9 Å². The first-order chi connectivity index (χ1) is 9.69. The Balaban J connectivity index is 2.27. The minimum Gasteiger partial charge on any atom is -0.497 e. The summed E-state index contributed by atoms with van der Waals surface area (Å²) in [4.78, 5) is 0. The summed E-state index contributed by atoms with van der Waals surface area (Å²) in [5.41, 5.74) is 0.372.